The molecule has 2 aromatic rings. The van der Waals surface area contributed by atoms with Gasteiger partial charge in [-0.25, -0.2) is 14.2 Å². The summed E-state index contributed by atoms with van der Waals surface area (Å²) in [4.78, 5) is 19.3. The summed E-state index contributed by atoms with van der Waals surface area (Å²) < 4.78 is 140. The van der Waals surface area contributed by atoms with E-state index < -0.39 is 58.4 Å². The molecule has 1 heterocycles. The van der Waals surface area contributed by atoms with E-state index in [2.05, 4.69) is 14.7 Å². The number of hydrogen-bond acceptors (Lipinski definition) is 6. The van der Waals surface area contributed by atoms with Crippen LogP contribution < -0.4 is 10.5 Å². The lowest BCUT2D eigenvalue weighted by Gasteiger charge is -2.30. The summed E-state index contributed by atoms with van der Waals surface area (Å²) in [6.07, 6.45) is -16.5. The molecule has 6 nitrogen and oxygen atoms in total. The van der Waals surface area contributed by atoms with Crippen LogP contribution >= 0.6 is 23.2 Å². The molecule has 2 rings (SSSR count). The van der Waals surface area contributed by atoms with Crippen molar-refractivity contribution >= 4 is 46.6 Å². The van der Waals surface area contributed by atoms with Gasteiger partial charge in [0.05, 0.1) is 17.2 Å². The maximum Gasteiger partial charge on any atom is 0.573 e. The summed E-state index contributed by atoms with van der Waals surface area (Å²) >= 11 is 11.5. The number of pyridine rings is 1. The molecule has 0 unspecified atom stereocenters. The minimum atomic E-state index is -6.65. The van der Waals surface area contributed by atoms with Gasteiger partial charge >= 0.3 is 30.4 Å². The first-order valence-electron chi connectivity index (χ1n) is 9.98. The quantitative estimate of drug-likeness (QED) is 0.151. The fourth-order valence-corrected chi connectivity index (χ4v) is 3.33. The average molecular weight is 616 g/mol. The molecule has 0 saturated heterocycles. The highest BCUT2D eigenvalue weighted by molar-refractivity contribution is 6.34. The number of halogens is 12. The number of benzene rings is 1. The number of nitrogens with zero attached hydrogens (tertiary/aromatic N) is 2. The van der Waals surface area contributed by atoms with Crippen LogP contribution in [0.15, 0.2) is 35.6 Å². The lowest BCUT2D eigenvalue weighted by atomic mass is 9.93. The van der Waals surface area contributed by atoms with E-state index >= 15 is 0 Å². The smallest absolute Gasteiger partial charge is 0.462 e. The Morgan fingerprint density at radius 1 is 1.03 bits per heavy atom. The highest BCUT2D eigenvalue weighted by Crippen LogP contribution is 2.55. The summed E-state index contributed by atoms with van der Waals surface area (Å²) in [7, 11) is 0. The molecule has 0 spiro atoms. The van der Waals surface area contributed by atoms with Gasteiger partial charge in [-0.2, -0.15) is 26.3 Å². The first-order chi connectivity index (χ1) is 17.8. The van der Waals surface area contributed by atoms with Crippen molar-refractivity contribution in [2.24, 2.45) is 10.7 Å². The Hall–Kier alpha value is -3.27. The van der Waals surface area contributed by atoms with E-state index in [1.165, 1.54) is 6.92 Å². The Morgan fingerprint density at radius 2 is 1.62 bits per heavy atom. The number of rotatable bonds is 7. The Kier molecular flexibility index (Phi) is 9.38. The lowest BCUT2D eigenvalue weighted by Crippen LogP contribution is -2.50. The van der Waals surface area contributed by atoms with Crippen molar-refractivity contribution in [1.82, 2.24) is 4.98 Å². The van der Waals surface area contributed by atoms with Gasteiger partial charge in [0.1, 0.15) is 10.8 Å². The van der Waals surface area contributed by atoms with E-state index in [1.807, 2.05) is 0 Å². The number of nitrogens with two attached hydrogens (primary N) is 1. The number of hydrogen-bond donors (Lipinski definition) is 1. The number of alkyl halides is 10. The van der Waals surface area contributed by atoms with Gasteiger partial charge in [-0.1, -0.05) is 23.2 Å². The van der Waals surface area contributed by atoms with Crippen molar-refractivity contribution in [3.05, 3.63) is 57.5 Å². The molecule has 0 aliphatic heterocycles. The molecule has 0 bridgehead atoms. The molecule has 0 radical (unpaired) electrons. The molecule has 0 aliphatic rings. The third kappa shape index (κ3) is 7.03. The molecule has 214 valence electrons. The van der Waals surface area contributed by atoms with Crippen LogP contribution in [-0.4, -0.2) is 42.5 Å². The first kappa shape index (κ1) is 31.9. The van der Waals surface area contributed by atoms with Gasteiger partial charge in [-0.05, 0) is 25.1 Å². The molecule has 2 N–H and O–H groups in total. The average Bonchev–Trinajstić information content (AvgIpc) is 2.78. The fraction of sp³-hybridized carbons (Fsp3) is 0.286. The van der Waals surface area contributed by atoms with Crippen LogP contribution in [0, 0.1) is 0 Å². The van der Waals surface area contributed by atoms with Gasteiger partial charge in [-0.15, -0.1) is 13.2 Å². The molecule has 0 saturated carbocycles. The molecular formula is C21H13Cl2F10N3O3. The van der Waals surface area contributed by atoms with Gasteiger partial charge in [0.25, 0.3) is 0 Å². The second-order valence-electron chi connectivity index (χ2n) is 7.17. The summed E-state index contributed by atoms with van der Waals surface area (Å²) in [6, 6.07) is 0.411. The molecule has 0 atom stereocenters. The summed E-state index contributed by atoms with van der Waals surface area (Å²) in [5.74, 6) is -2.71. The van der Waals surface area contributed by atoms with Gasteiger partial charge in [-0.3, -0.25) is 4.99 Å². The zero-order valence-corrected chi connectivity index (χ0v) is 20.4. The molecular weight excluding hydrogens is 603 g/mol. The molecule has 39 heavy (non-hydrogen) atoms. The second kappa shape index (κ2) is 11.5. The molecule has 1 aromatic carbocycles. The van der Waals surface area contributed by atoms with Gasteiger partial charge in [0.15, 0.2) is 5.75 Å². The van der Waals surface area contributed by atoms with E-state index in [-0.39, 0.29) is 34.5 Å². The van der Waals surface area contributed by atoms with E-state index in [4.69, 9.17) is 33.7 Å². The zero-order valence-electron chi connectivity index (χ0n) is 18.9. The van der Waals surface area contributed by atoms with Crippen LogP contribution in [0.3, 0.4) is 0 Å². The van der Waals surface area contributed by atoms with E-state index in [0.717, 1.165) is 18.5 Å². The molecule has 18 heteroatoms. The first-order valence-corrected chi connectivity index (χ1v) is 10.7. The number of esters is 1. The van der Waals surface area contributed by atoms with Crippen molar-refractivity contribution in [2.45, 2.75) is 31.3 Å². The Bertz CT molecular complexity index is 1280. The number of aliphatic imine (C=N–C) groups is 1. The summed E-state index contributed by atoms with van der Waals surface area (Å²) in [6.45, 7) is 1.45. The summed E-state index contributed by atoms with van der Waals surface area (Å²) in [5.41, 5.74) is -4.62. The van der Waals surface area contributed by atoms with Crippen LogP contribution in [0.4, 0.5) is 49.6 Å². The number of carbonyl (C=O) groups excluding carboxylic acids is 1. The van der Waals surface area contributed by atoms with Crippen LogP contribution in [-0.2, 0) is 10.4 Å². The largest absolute Gasteiger partial charge is 0.573 e. The van der Waals surface area contributed by atoms with Crippen molar-refractivity contribution < 1.29 is 58.2 Å². The number of allylic oxidation sites excluding steroid dienone is 1. The third-order valence-corrected chi connectivity index (χ3v) is 5.20. The van der Waals surface area contributed by atoms with E-state index in [0.29, 0.717) is 6.21 Å². The maximum absolute atomic E-state index is 14.5. The molecule has 0 aliphatic carbocycles. The number of aromatic nitrogens is 1. The van der Waals surface area contributed by atoms with Crippen LogP contribution in [0.1, 0.15) is 28.4 Å². The highest BCUT2D eigenvalue weighted by atomic mass is 35.5. The number of ether oxygens (including phenoxy) is 2. The van der Waals surface area contributed by atoms with E-state index in [1.54, 1.807) is 0 Å². The minimum Gasteiger partial charge on any atom is -0.462 e. The van der Waals surface area contributed by atoms with E-state index in [9.17, 15) is 48.7 Å². The minimum absolute atomic E-state index is 0.0309. The SMILES string of the molecule is CCOC(=O)c1cc(C(C=Nc2c(Cl)cc(C(F)(C(F)(F)F)C(F)(F)F)cc2OC(F)(F)F)=CN)cnc1Cl. The Balaban J connectivity index is 2.69. The topological polar surface area (TPSA) is 86.8 Å². The van der Waals surface area contributed by atoms with Gasteiger partial charge in [0, 0.05) is 35.3 Å². The molecule has 0 amide bonds. The predicted octanol–water partition coefficient (Wildman–Crippen LogP) is 7.46. The van der Waals surface area contributed by atoms with Crippen LogP contribution in [0.25, 0.3) is 5.57 Å². The lowest BCUT2D eigenvalue weighted by molar-refractivity contribution is -0.348. The fourth-order valence-electron chi connectivity index (χ4n) is 2.89. The molecule has 0 fully saturated rings. The Labute approximate surface area is 222 Å². The predicted molar refractivity (Wildman–Crippen MR) is 119 cm³/mol. The highest BCUT2D eigenvalue weighted by Gasteiger charge is 2.73. The molecule has 1 aromatic heterocycles. The van der Waals surface area contributed by atoms with Crippen molar-refractivity contribution in [2.75, 3.05) is 6.61 Å². The van der Waals surface area contributed by atoms with Crippen LogP contribution in [0.2, 0.25) is 10.2 Å². The van der Waals surface area contributed by atoms with Crippen molar-refractivity contribution in [3.63, 3.8) is 0 Å². The van der Waals surface area contributed by atoms with Crippen molar-refractivity contribution in [1.29, 1.82) is 0 Å². The summed E-state index contributed by atoms with van der Waals surface area (Å²) in [5, 5.41) is -1.58. The standard InChI is InChI=1S/C21H13Cl2F10N3O3/c1-2-38-17(37)12-3-9(7-36-16(12)23)10(6-34)8-35-15-13(22)4-11(5-14(15)39-21(31,32)33)18(24,19(25,26)27)20(28,29)30/h3-8H,2,34H2,1H3. The normalized spacial score (nSPS) is 13.6. The Morgan fingerprint density at radius 3 is 2.10 bits per heavy atom. The second-order valence-corrected chi connectivity index (χ2v) is 7.93. The maximum atomic E-state index is 14.5. The number of carbonyl (C=O) groups is 1. The van der Waals surface area contributed by atoms with Crippen LogP contribution in [0.5, 0.6) is 5.75 Å². The monoisotopic (exact) mass is 615 g/mol. The van der Waals surface area contributed by atoms with Crippen molar-refractivity contribution in [3.8, 4) is 5.75 Å². The third-order valence-electron chi connectivity index (χ3n) is 4.61. The zero-order chi connectivity index (χ0) is 30.0. The van der Waals surface area contributed by atoms with Gasteiger partial charge in [0.2, 0.25) is 0 Å². The van der Waals surface area contributed by atoms with Gasteiger partial charge < -0.3 is 15.2 Å².